The number of aromatic amines is 1. The van der Waals surface area contributed by atoms with Gasteiger partial charge in [0.1, 0.15) is 5.75 Å². The van der Waals surface area contributed by atoms with Gasteiger partial charge in [0, 0.05) is 43.0 Å². The van der Waals surface area contributed by atoms with Crippen molar-refractivity contribution in [2.75, 3.05) is 39.3 Å². The number of rotatable bonds is 11. The van der Waals surface area contributed by atoms with E-state index in [1.165, 1.54) is 64.1 Å². The van der Waals surface area contributed by atoms with E-state index in [1.54, 1.807) is 0 Å². The number of aromatic nitrogens is 1. The zero-order valence-corrected chi connectivity index (χ0v) is 19.9. The second kappa shape index (κ2) is 12.2. The van der Waals surface area contributed by atoms with Crippen LogP contribution in [-0.2, 0) is 4.79 Å². The molecule has 1 saturated heterocycles. The number of likely N-dealkylation sites (tertiary alicyclic amines) is 1. The maximum Gasteiger partial charge on any atom is 0.248 e. The number of pyridine rings is 1. The number of benzene rings is 1. The monoisotopic (exact) mass is 453 g/mol. The smallest absolute Gasteiger partial charge is 0.248 e. The lowest BCUT2D eigenvalue weighted by Gasteiger charge is -2.31. The van der Waals surface area contributed by atoms with Crippen molar-refractivity contribution >= 4 is 16.8 Å². The molecule has 1 saturated carbocycles. The number of fused-ring (bicyclic) bond motifs is 1. The van der Waals surface area contributed by atoms with E-state index in [0.717, 1.165) is 49.1 Å². The maximum absolute atomic E-state index is 13.1. The maximum atomic E-state index is 13.1. The van der Waals surface area contributed by atoms with Gasteiger partial charge in [0.2, 0.25) is 11.5 Å². The molecule has 1 aliphatic carbocycles. The molecule has 6 heteroatoms. The minimum absolute atomic E-state index is 0.0983. The van der Waals surface area contributed by atoms with E-state index in [4.69, 9.17) is 4.74 Å². The molecule has 1 N–H and O–H groups in total. The van der Waals surface area contributed by atoms with Crippen LogP contribution in [0, 0.1) is 5.92 Å². The van der Waals surface area contributed by atoms with E-state index in [0.29, 0.717) is 24.9 Å². The van der Waals surface area contributed by atoms with Crippen LogP contribution >= 0.6 is 0 Å². The molecule has 2 aromatic rings. The Labute approximate surface area is 197 Å². The molecule has 2 heterocycles. The number of H-pyrrole nitrogens is 1. The van der Waals surface area contributed by atoms with Crippen LogP contribution in [0.5, 0.6) is 5.75 Å². The first kappa shape index (κ1) is 23.8. The van der Waals surface area contributed by atoms with Crippen molar-refractivity contribution in [3.63, 3.8) is 0 Å². The minimum Gasteiger partial charge on any atom is -0.494 e. The summed E-state index contributed by atoms with van der Waals surface area (Å²) in [5.74, 6) is 1.80. The summed E-state index contributed by atoms with van der Waals surface area (Å²) >= 11 is 0. The first-order chi connectivity index (χ1) is 16.2. The third-order valence-electron chi connectivity index (χ3n) is 7.19. The predicted octanol–water partition coefficient (Wildman–Crippen LogP) is 4.58. The summed E-state index contributed by atoms with van der Waals surface area (Å²) in [7, 11) is 0. The van der Waals surface area contributed by atoms with Crippen molar-refractivity contribution in [2.45, 2.75) is 64.2 Å². The highest BCUT2D eigenvalue weighted by atomic mass is 16.5. The topological polar surface area (TPSA) is 65.6 Å². The third kappa shape index (κ3) is 7.32. The number of nitrogens with zero attached hydrogens (tertiary/aromatic N) is 2. The number of hydrogen-bond acceptors (Lipinski definition) is 4. The summed E-state index contributed by atoms with van der Waals surface area (Å²) in [6.45, 7) is 5.82. The molecule has 6 nitrogen and oxygen atoms in total. The van der Waals surface area contributed by atoms with E-state index in [9.17, 15) is 9.59 Å². The number of ether oxygens (including phenoxy) is 1. The van der Waals surface area contributed by atoms with Gasteiger partial charge in [0.25, 0.3) is 0 Å². The molecule has 1 aliphatic heterocycles. The number of carbonyl (C=O) groups excluding carboxylic acids is 1. The summed E-state index contributed by atoms with van der Waals surface area (Å²) in [5.41, 5.74) is 0.714. The number of hydrogen-bond donors (Lipinski definition) is 1. The van der Waals surface area contributed by atoms with Crippen LogP contribution in [0.2, 0.25) is 0 Å². The van der Waals surface area contributed by atoms with Crippen LogP contribution < -0.4 is 10.3 Å². The highest BCUT2D eigenvalue weighted by Gasteiger charge is 2.22. The Morgan fingerprint density at radius 3 is 2.67 bits per heavy atom. The number of amides is 1. The molecular formula is C27H39N3O3. The quantitative estimate of drug-likeness (QED) is 0.506. The molecular weight excluding hydrogens is 414 g/mol. The molecule has 33 heavy (non-hydrogen) atoms. The summed E-state index contributed by atoms with van der Waals surface area (Å²) in [6.07, 6.45) is 11.5. The molecule has 0 radical (unpaired) electrons. The van der Waals surface area contributed by atoms with Gasteiger partial charge in [-0.25, -0.2) is 0 Å². The van der Waals surface area contributed by atoms with Crippen molar-refractivity contribution < 1.29 is 9.53 Å². The Morgan fingerprint density at radius 1 is 1.03 bits per heavy atom. The zero-order valence-electron chi connectivity index (χ0n) is 19.9. The van der Waals surface area contributed by atoms with Gasteiger partial charge in [-0.2, -0.15) is 0 Å². The summed E-state index contributed by atoms with van der Waals surface area (Å²) in [6, 6.07) is 9.04. The second-order valence-electron chi connectivity index (χ2n) is 9.77. The largest absolute Gasteiger partial charge is 0.494 e. The average Bonchev–Trinajstić information content (AvgIpc) is 3.36. The highest BCUT2D eigenvalue weighted by Crippen LogP contribution is 2.25. The van der Waals surface area contributed by atoms with Gasteiger partial charge in [-0.15, -0.1) is 0 Å². The lowest BCUT2D eigenvalue weighted by molar-refractivity contribution is -0.132. The Bertz CT molecular complexity index is 945. The van der Waals surface area contributed by atoms with Gasteiger partial charge in [0.05, 0.1) is 6.61 Å². The first-order valence-corrected chi connectivity index (χ1v) is 12.9. The van der Waals surface area contributed by atoms with Crippen LogP contribution in [0.25, 0.3) is 10.9 Å². The molecule has 0 unspecified atom stereocenters. The molecule has 1 aromatic heterocycles. The zero-order chi connectivity index (χ0) is 22.9. The molecule has 0 spiro atoms. The van der Waals surface area contributed by atoms with Crippen LogP contribution in [-0.4, -0.2) is 60.0 Å². The van der Waals surface area contributed by atoms with E-state index in [2.05, 4.69) is 14.8 Å². The van der Waals surface area contributed by atoms with Gasteiger partial charge in [-0.3, -0.25) is 9.59 Å². The number of nitrogens with one attached hydrogen (secondary N) is 1. The standard InChI is InChI=1S/C27H39N3O3/c31-26-14-11-23-20-24(12-13-25(23)28-26)33-19-7-4-10-27(32)30(18-17-29-15-5-6-16-29)21-22-8-2-1-3-9-22/h11-14,20,22H,1-10,15-19,21H2,(H,28,31). The highest BCUT2D eigenvalue weighted by molar-refractivity contribution is 5.79. The lowest BCUT2D eigenvalue weighted by Crippen LogP contribution is -2.41. The molecule has 0 atom stereocenters. The Kier molecular flexibility index (Phi) is 8.81. The lowest BCUT2D eigenvalue weighted by atomic mass is 9.89. The van der Waals surface area contributed by atoms with Crippen molar-refractivity contribution in [3.05, 3.63) is 40.7 Å². The van der Waals surface area contributed by atoms with Gasteiger partial charge >= 0.3 is 0 Å². The molecule has 1 amide bonds. The molecule has 2 fully saturated rings. The molecule has 1 aromatic carbocycles. The van der Waals surface area contributed by atoms with E-state index < -0.39 is 0 Å². The van der Waals surface area contributed by atoms with E-state index in [1.807, 2.05) is 24.3 Å². The van der Waals surface area contributed by atoms with Gasteiger partial charge in [-0.05, 0) is 81.8 Å². The van der Waals surface area contributed by atoms with Gasteiger partial charge in [-0.1, -0.05) is 19.3 Å². The van der Waals surface area contributed by atoms with Crippen molar-refractivity contribution in [3.8, 4) is 5.75 Å². The fourth-order valence-corrected chi connectivity index (χ4v) is 5.22. The van der Waals surface area contributed by atoms with E-state index >= 15 is 0 Å². The summed E-state index contributed by atoms with van der Waals surface area (Å²) in [5, 5.41) is 0.957. The van der Waals surface area contributed by atoms with Crippen LogP contribution in [0.3, 0.4) is 0 Å². The van der Waals surface area contributed by atoms with Crippen molar-refractivity contribution in [1.82, 2.24) is 14.8 Å². The fourth-order valence-electron chi connectivity index (χ4n) is 5.22. The van der Waals surface area contributed by atoms with Gasteiger partial charge < -0.3 is 19.5 Å². The first-order valence-electron chi connectivity index (χ1n) is 12.9. The Balaban J connectivity index is 1.21. The Morgan fingerprint density at radius 2 is 1.85 bits per heavy atom. The third-order valence-corrected chi connectivity index (χ3v) is 7.19. The summed E-state index contributed by atoms with van der Waals surface area (Å²) < 4.78 is 5.90. The number of carbonyl (C=O) groups is 1. The van der Waals surface area contributed by atoms with Gasteiger partial charge in [0.15, 0.2) is 0 Å². The second-order valence-corrected chi connectivity index (χ2v) is 9.77. The van der Waals surface area contributed by atoms with Crippen LogP contribution in [0.1, 0.15) is 64.2 Å². The molecule has 180 valence electrons. The van der Waals surface area contributed by atoms with Crippen molar-refractivity contribution in [1.29, 1.82) is 0 Å². The van der Waals surface area contributed by atoms with Crippen LogP contribution in [0.15, 0.2) is 35.1 Å². The SMILES string of the molecule is O=C(CCCCOc1ccc2[nH]c(=O)ccc2c1)N(CCN1CCCC1)CC1CCCCC1. The molecule has 4 rings (SSSR count). The van der Waals surface area contributed by atoms with Crippen LogP contribution in [0.4, 0.5) is 0 Å². The fraction of sp³-hybridized carbons (Fsp3) is 0.630. The average molecular weight is 454 g/mol. The normalized spacial score (nSPS) is 17.5. The Hall–Kier alpha value is -2.34. The molecule has 0 bridgehead atoms. The number of unbranched alkanes of at least 4 members (excludes halogenated alkanes) is 1. The minimum atomic E-state index is -0.0983. The van der Waals surface area contributed by atoms with Crippen molar-refractivity contribution in [2.24, 2.45) is 5.92 Å². The predicted molar refractivity (Wildman–Crippen MR) is 133 cm³/mol. The molecule has 2 aliphatic rings. The van der Waals surface area contributed by atoms with E-state index in [-0.39, 0.29) is 5.56 Å². The summed E-state index contributed by atoms with van der Waals surface area (Å²) in [4.78, 5) is 32.0.